The van der Waals surface area contributed by atoms with Crippen molar-refractivity contribution in [3.63, 3.8) is 0 Å². The first-order valence-electron chi connectivity index (χ1n) is 5.25. The number of fused-ring (bicyclic) bond motifs is 1. The Hall–Kier alpha value is -2.43. The van der Waals surface area contributed by atoms with Crippen LogP contribution < -0.4 is 5.11 Å². The molecule has 0 aliphatic heterocycles. The average Bonchev–Trinajstić information content (AvgIpc) is 2.35. The van der Waals surface area contributed by atoms with Gasteiger partial charge in [0, 0.05) is 10.9 Å². The number of nitrogens with zero attached hydrogens (tertiary/aromatic N) is 1. The summed E-state index contributed by atoms with van der Waals surface area (Å²) in [6.07, 6.45) is 0. The van der Waals surface area contributed by atoms with Crippen LogP contribution in [-0.4, -0.2) is 24.0 Å². The lowest BCUT2D eigenvalue weighted by molar-refractivity contribution is -0.254. The zero-order chi connectivity index (χ0) is 13.3. The third kappa shape index (κ3) is 1.79. The molecule has 0 saturated carbocycles. The molecule has 0 fully saturated rings. The number of para-hydroxylation sites is 1. The second-order valence-electron chi connectivity index (χ2n) is 3.74. The van der Waals surface area contributed by atoms with Crippen LogP contribution in [-0.2, 0) is 4.74 Å². The molecule has 0 spiro atoms. The normalized spacial score (nSPS) is 10.3. The molecule has 0 saturated heterocycles. The van der Waals surface area contributed by atoms with E-state index in [0.717, 1.165) is 0 Å². The molecule has 1 aromatic heterocycles. The zero-order valence-electron chi connectivity index (χ0n) is 9.89. The van der Waals surface area contributed by atoms with Crippen molar-refractivity contribution in [2.45, 2.75) is 6.92 Å². The molecule has 5 nitrogen and oxygen atoms in total. The molecule has 0 bridgehead atoms. The third-order valence-corrected chi connectivity index (χ3v) is 2.67. The molecule has 0 aliphatic rings. The van der Waals surface area contributed by atoms with Crippen molar-refractivity contribution in [2.75, 3.05) is 7.11 Å². The van der Waals surface area contributed by atoms with E-state index in [1.807, 2.05) is 0 Å². The van der Waals surface area contributed by atoms with Gasteiger partial charge in [0.05, 0.1) is 29.9 Å². The van der Waals surface area contributed by atoms with Gasteiger partial charge in [0.2, 0.25) is 0 Å². The van der Waals surface area contributed by atoms with Gasteiger partial charge in [-0.3, -0.25) is 4.98 Å². The predicted molar refractivity (Wildman–Crippen MR) is 62.2 cm³/mol. The number of carboxylic acids is 1. The molecule has 0 radical (unpaired) electrons. The van der Waals surface area contributed by atoms with Crippen molar-refractivity contribution < 1.29 is 19.4 Å². The highest BCUT2D eigenvalue weighted by molar-refractivity contribution is 6.11. The fraction of sp³-hybridized carbons (Fsp3) is 0.154. The maximum atomic E-state index is 11.6. The van der Waals surface area contributed by atoms with Crippen molar-refractivity contribution in [3.8, 4) is 0 Å². The summed E-state index contributed by atoms with van der Waals surface area (Å²) in [7, 11) is 1.19. The van der Waals surface area contributed by atoms with E-state index < -0.39 is 11.9 Å². The van der Waals surface area contributed by atoms with Gasteiger partial charge in [-0.15, -0.1) is 0 Å². The molecule has 0 atom stereocenters. The minimum Gasteiger partial charge on any atom is -0.545 e. The number of benzene rings is 1. The van der Waals surface area contributed by atoms with Crippen molar-refractivity contribution in [3.05, 3.63) is 41.1 Å². The molecule has 0 amide bonds. The number of methoxy groups -OCH3 is 1. The van der Waals surface area contributed by atoms with Crippen LogP contribution in [0.3, 0.4) is 0 Å². The summed E-state index contributed by atoms with van der Waals surface area (Å²) in [5.41, 5.74) is 0.572. The van der Waals surface area contributed by atoms with Crippen LogP contribution >= 0.6 is 0 Å². The Bertz CT molecular complexity index is 649. The molecule has 92 valence electrons. The number of aryl methyl sites for hydroxylation is 1. The quantitative estimate of drug-likeness (QED) is 0.726. The van der Waals surface area contributed by atoms with Crippen LogP contribution in [0.2, 0.25) is 0 Å². The highest BCUT2D eigenvalue weighted by Gasteiger charge is 2.19. The highest BCUT2D eigenvalue weighted by Crippen LogP contribution is 2.23. The topological polar surface area (TPSA) is 79.3 Å². The number of esters is 1. The van der Waals surface area contributed by atoms with Gasteiger partial charge in [0.15, 0.2) is 0 Å². The highest BCUT2D eigenvalue weighted by atomic mass is 16.5. The van der Waals surface area contributed by atoms with Crippen molar-refractivity contribution in [2.24, 2.45) is 0 Å². The number of pyridine rings is 1. The van der Waals surface area contributed by atoms with E-state index in [2.05, 4.69) is 9.72 Å². The fourth-order valence-electron chi connectivity index (χ4n) is 1.90. The number of rotatable bonds is 2. The van der Waals surface area contributed by atoms with E-state index in [1.165, 1.54) is 7.11 Å². The Balaban J connectivity index is 2.92. The van der Waals surface area contributed by atoms with Crippen molar-refractivity contribution in [1.82, 2.24) is 4.98 Å². The number of ether oxygens (including phenoxy) is 1. The average molecular weight is 244 g/mol. The summed E-state index contributed by atoms with van der Waals surface area (Å²) >= 11 is 0. The number of aromatic carboxylic acids is 1. The number of aromatic nitrogens is 1. The van der Waals surface area contributed by atoms with Crippen LogP contribution in [0.5, 0.6) is 0 Å². The number of hydrogen-bond donors (Lipinski definition) is 0. The van der Waals surface area contributed by atoms with Gasteiger partial charge in [0.1, 0.15) is 0 Å². The second-order valence-corrected chi connectivity index (χ2v) is 3.74. The first-order chi connectivity index (χ1) is 8.56. The van der Waals surface area contributed by atoms with Crippen LogP contribution in [0, 0.1) is 6.92 Å². The van der Waals surface area contributed by atoms with Gasteiger partial charge in [-0.1, -0.05) is 18.2 Å². The molecular formula is C13H10NO4-. The largest absolute Gasteiger partial charge is 0.545 e. The van der Waals surface area contributed by atoms with Crippen LogP contribution in [0.15, 0.2) is 24.3 Å². The van der Waals surface area contributed by atoms with Crippen LogP contribution in [0.4, 0.5) is 0 Å². The number of carbonyl (C=O) groups is 2. The smallest absolute Gasteiger partial charge is 0.340 e. The van der Waals surface area contributed by atoms with E-state index in [1.54, 1.807) is 31.2 Å². The van der Waals surface area contributed by atoms with E-state index in [-0.39, 0.29) is 11.1 Å². The third-order valence-electron chi connectivity index (χ3n) is 2.67. The maximum absolute atomic E-state index is 11.6. The van der Waals surface area contributed by atoms with Crippen molar-refractivity contribution >= 4 is 22.8 Å². The first-order valence-corrected chi connectivity index (χ1v) is 5.25. The predicted octanol–water partition coefficient (Wildman–Crippen LogP) is 0.693. The summed E-state index contributed by atoms with van der Waals surface area (Å²) in [5.74, 6) is -2.15. The summed E-state index contributed by atoms with van der Waals surface area (Å²) in [6, 6.07) is 6.67. The lowest BCUT2D eigenvalue weighted by Gasteiger charge is -2.14. The van der Waals surface area contributed by atoms with Crippen LogP contribution in [0.25, 0.3) is 10.9 Å². The Morgan fingerprint density at radius 2 is 1.89 bits per heavy atom. The Morgan fingerprint density at radius 3 is 2.50 bits per heavy atom. The lowest BCUT2D eigenvalue weighted by Crippen LogP contribution is -2.26. The van der Waals surface area contributed by atoms with Gasteiger partial charge < -0.3 is 14.6 Å². The number of hydrogen-bond acceptors (Lipinski definition) is 5. The molecule has 0 aliphatic carbocycles. The molecule has 1 heterocycles. The zero-order valence-corrected chi connectivity index (χ0v) is 9.89. The van der Waals surface area contributed by atoms with E-state index in [4.69, 9.17) is 0 Å². The Morgan fingerprint density at radius 1 is 1.22 bits per heavy atom. The summed E-state index contributed by atoms with van der Waals surface area (Å²) in [4.78, 5) is 27.1. The number of carboxylic acid groups (broad SMARTS) is 1. The molecule has 0 unspecified atom stereocenters. The Labute approximate surface area is 103 Å². The molecule has 2 rings (SSSR count). The molecule has 18 heavy (non-hydrogen) atoms. The summed E-state index contributed by atoms with van der Waals surface area (Å²) < 4.78 is 4.59. The minimum atomic E-state index is -1.42. The van der Waals surface area contributed by atoms with E-state index in [0.29, 0.717) is 16.6 Å². The first kappa shape index (κ1) is 12.0. The van der Waals surface area contributed by atoms with Gasteiger partial charge in [-0.25, -0.2) is 4.79 Å². The monoisotopic (exact) mass is 244 g/mol. The lowest BCUT2D eigenvalue weighted by atomic mass is 10.0. The molecular weight excluding hydrogens is 234 g/mol. The van der Waals surface area contributed by atoms with Crippen LogP contribution in [0.1, 0.15) is 26.4 Å². The summed E-state index contributed by atoms with van der Waals surface area (Å²) in [6.45, 7) is 1.56. The molecule has 1 aromatic carbocycles. The van der Waals surface area contributed by atoms with Gasteiger partial charge in [0.25, 0.3) is 0 Å². The molecule has 2 aromatic rings. The van der Waals surface area contributed by atoms with Gasteiger partial charge in [-0.2, -0.15) is 0 Å². The minimum absolute atomic E-state index is 0.0591. The SMILES string of the molecule is COC(=O)c1c(C)nc2ccccc2c1C(=O)[O-]. The van der Waals surface area contributed by atoms with E-state index >= 15 is 0 Å². The maximum Gasteiger partial charge on any atom is 0.340 e. The fourth-order valence-corrected chi connectivity index (χ4v) is 1.90. The molecule has 0 N–H and O–H groups in total. The van der Waals surface area contributed by atoms with Gasteiger partial charge >= 0.3 is 5.97 Å². The summed E-state index contributed by atoms with van der Waals surface area (Å²) in [5, 5.41) is 11.6. The Kier molecular flexibility index (Phi) is 2.97. The second kappa shape index (κ2) is 4.44. The number of carbonyl (C=O) groups excluding carboxylic acids is 2. The molecule has 5 heteroatoms. The van der Waals surface area contributed by atoms with Gasteiger partial charge in [-0.05, 0) is 13.0 Å². The van der Waals surface area contributed by atoms with Crippen molar-refractivity contribution in [1.29, 1.82) is 0 Å². The van der Waals surface area contributed by atoms with E-state index in [9.17, 15) is 14.7 Å². The standard InChI is InChI=1S/C13H11NO4/c1-7-10(13(17)18-2)11(12(15)16)8-5-3-4-6-9(8)14-7/h3-6H,1-2H3,(H,15,16)/p-1.